The van der Waals surface area contributed by atoms with Crippen molar-refractivity contribution >= 4 is 35.7 Å². The number of carbonyl (C=O) groups excluding carboxylic acids is 1. The van der Waals surface area contributed by atoms with Crippen LogP contribution in [0.1, 0.15) is 13.3 Å². The first-order valence-corrected chi connectivity index (χ1v) is 6.90. The predicted molar refractivity (Wildman–Crippen MR) is 85.8 cm³/mol. The lowest BCUT2D eigenvalue weighted by Gasteiger charge is -2.23. The van der Waals surface area contributed by atoms with Gasteiger partial charge in [0.15, 0.2) is 0 Å². The molecule has 2 atom stereocenters. The third-order valence-corrected chi connectivity index (χ3v) is 3.82. The van der Waals surface area contributed by atoms with Crippen LogP contribution in [0.2, 0.25) is 0 Å². The Morgan fingerprint density at radius 1 is 1.48 bits per heavy atom. The second kappa shape index (κ2) is 7.89. The van der Waals surface area contributed by atoms with E-state index in [4.69, 9.17) is 5.11 Å². The van der Waals surface area contributed by atoms with Crippen molar-refractivity contribution in [2.24, 2.45) is 5.92 Å². The molecule has 0 radical (unpaired) electrons. The number of halogens is 1. The van der Waals surface area contributed by atoms with Crippen LogP contribution >= 0.6 is 12.4 Å². The Morgan fingerprint density at radius 2 is 2.17 bits per heavy atom. The fourth-order valence-electron chi connectivity index (χ4n) is 2.45. The molecule has 2 rings (SSSR count). The smallest absolute Gasteiger partial charge is 0.307 e. The number of nitrogens with one attached hydrogen (secondary N) is 1. The van der Waals surface area contributed by atoms with Crippen LogP contribution in [0.3, 0.4) is 0 Å². The van der Waals surface area contributed by atoms with E-state index in [0.717, 1.165) is 0 Å². The standard InChI is InChI=1S/C14H17N3O5.ClH/c1-9(16-6-5-10(8-16)14(19)20)13(18)15-11-3-2-4-12(7-11)17(21)22;/h2-4,7,9-10H,5-6,8H2,1H3,(H,15,18)(H,19,20);1H. The Balaban J connectivity index is 0.00000264. The van der Waals surface area contributed by atoms with Gasteiger partial charge in [-0.25, -0.2) is 0 Å². The van der Waals surface area contributed by atoms with E-state index in [1.807, 2.05) is 0 Å². The summed E-state index contributed by atoms with van der Waals surface area (Å²) in [5.74, 6) is -1.62. The molecular weight excluding hydrogens is 326 g/mol. The van der Waals surface area contributed by atoms with Crippen molar-refractivity contribution in [1.29, 1.82) is 0 Å². The normalized spacial score (nSPS) is 18.7. The topological polar surface area (TPSA) is 113 Å². The van der Waals surface area contributed by atoms with Crippen molar-refractivity contribution in [3.63, 3.8) is 0 Å². The number of amides is 1. The molecule has 1 aromatic rings. The third kappa shape index (κ3) is 4.64. The van der Waals surface area contributed by atoms with Crippen LogP contribution in [0.5, 0.6) is 0 Å². The highest BCUT2D eigenvalue weighted by Gasteiger charge is 2.33. The van der Waals surface area contributed by atoms with Gasteiger partial charge in [-0.05, 0) is 26.0 Å². The average molecular weight is 344 g/mol. The van der Waals surface area contributed by atoms with Crippen molar-refractivity contribution < 1.29 is 19.6 Å². The highest BCUT2D eigenvalue weighted by molar-refractivity contribution is 5.94. The molecule has 1 aliphatic heterocycles. The molecule has 0 aromatic heterocycles. The molecular formula is C14H18ClN3O5. The summed E-state index contributed by atoms with van der Waals surface area (Å²) in [6, 6.07) is 5.20. The van der Waals surface area contributed by atoms with Gasteiger partial charge in [0.25, 0.3) is 5.69 Å². The summed E-state index contributed by atoms with van der Waals surface area (Å²) >= 11 is 0. The van der Waals surface area contributed by atoms with Crippen LogP contribution in [-0.2, 0) is 9.59 Å². The zero-order valence-electron chi connectivity index (χ0n) is 12.5. The van der Waals surface area contributed by atoms with Crippen LogP contribution in [-0.4, -0.2) is 45.9 Å². The lowest BCUT2D eigenvalue weighted by atomic mass is 10.1. The Bertz CT molecular complexity index is 610. The fourth-order valence-corrected chi connectivity index (χ4v) is 2.45. The number of aliphatic carboxylic acids is 1. The molecule has 126 valence electrons. The number of carboxylic acid groups (broad SMARTS) is 1. The van der Waals surface area contributed by atoms with E-state index in [1.165, 1.54) is 18.2 Å². The van der Waals surface area contributed by atoms with E-state index in [9.17, 15) is 19.7 Å². The van der Waals surface area contributed by atoms with Crippen molar-refractivity contribution in [1.82, 2.24) is 4.90 Å². The Morgan fingerprint density at radius 3 is 2.74 bits per heavy atom. The quantitative estimate of drug-likeness (QED) is 0.622. The monoisotopic (exact) mass is 343 g/mol. The minimum absolute atomic E-state index is 0. The number of nitro benzene ring substituents is 1. The summed E-state index contributed by atoms with van der Waals surface area (Å²) in [6.07, 6.45) is 0.518. The molecule has 2 unspecified atom stereocenters. The summed E-state index contributed by atoms with van der Waals surface area (Å²) in [7, 11) is 0. The number of nitrogens with zero attached hydrogens (tertiary/aromatic N) is 2. The third-order valence-electron chi connectivity index (χ3n) is 3.82. The van der Waals surface area contributed by atoms with Gasteiger partial charge in [0.05, 0.1) is 16.9 Å². The number of likely N-dealkylation sites (tertiary alicyclic amines) is 1. The number of anilines is 1. The average Bonchev–Trinajstić information content (AvgIpc) is 2.96. The number of carbonyl (C=O) groups is 2. The number of rotatable bonds is 5. The molecule has 9 heteroatoms. The van der Waals surface area contributed by atoms with Crippen molar-refractivity contribution in [3.05, 3.63) is 34.4 Å². The molecule has 1 amide bonds. The van der Waals surface area contributed by atoms with E-state index in [1.54, 1.807) is 17.9 Å². The highest BCUT2D eigenvalue weighted by atomic mass is 35.5. The molecule has 0 aliphatic carbocycles. The van der Waals surface area contributed by atoms with Crippen LogP contribution in [0.15, 0.2) is 24.3 Å². The van der Waals surface area contributed by atoms with Gasteiger partial charge in [-0.3, -0.25) is 24.6 Å². The number of non-ortho nitro benzene ring substituents is 1. The first-order valence-electron chi connectivity index (χ1n) is 6.90. The van der Waals surface area contributed by atoms with Gasteiger partial charge in [0.2, 0.25) is 5.91 Å². The number of hydrogen-bond acceptors (Lipinski definition) is 5. The fraction of sp³-hybridized carbons (Fsp3) is 0.429. The maximum atomic E-state index is 12.2. The van der Waals surface area contributed by atoms with E-state index in [2.05, 4.69) is 5.32 Å². The molecule has 1 aliphatic rings. The van der Waals surface area contributed by atoms with Crippen LogP contribution in [0.25, 0.3) is 0 Å². The van der Waals surface area contributed by atoms with Gasteiger partial charge in [-0.15, -0.1) is 12.4 Å². The van der Waals surface area contributed by atoms with Gasteiger partial charge in [-0.2, -0.15) is 0 Å². The minimum Gasteiger partial charge on any atom is -0.481 e. The molecule has 0 bridgehead atoms. The number of nitro groups is 1. The van der Waals surface area contributed by atoms with Crippen molar-refractivity contribution in [2.75, 3.05) is 18.4 Å². The van der Waals surface area contributed by atoms with Gasteiger partial charge >= 0.3 is 5.97 Å². The van der Waals surface area contributed by atoms with E-state index in [0.29, 0.717) is 25.2 Å². The van der Waals surface area contributed by atoms with Gasteiger partial charge in [-0.1, -0.05) is 6.07 Å². The molecule has 23 heavy (non-hydrogen) atoms. The highest BCUT2D eigenvalue weighted by Crippen LogP contribution is 2.21. The summed E-state index contributed by atoms with van der Waals surface area (Å²) in [4.78, 5) is 35.1. The second-order valence-corrected chi connectivity index (χ2v) is 5.29. The summed E-state index contributed by atoms with van der Waals surface area (Å²) < 4.78 is 0. The first kappa shape index (κ1) is 18.9. The van der Waals surface area contributed by atoms with Crippen molar-refractivity contribution in [2.45, 2.75) is 19.4 Å². The molecule has 1 fully saturated rings. The minimum atomic E-state index is -0.853. The Labute approximate surface area is 139 Å². The van der Waals surface area contributed by atoms with E-state index < -0.39 is 22.9 Å². The SMILES string of the molecule is CC(C(=O)Nc1cccc([N+](=O)[O-])c1)N1CCC(C(=O)O)C1.Cl. The van der Waals surface area contributed by atoms with Gasteiger partial charge < -0.3 is 10.4 Å². The number of benzene rings is 1. The van der Waals surface area contributed by atoms with Crippen LogP contribution in [0.4, 0.5) is 11.4 Å². The maximum Gasteiger partial charge on any atom is 0.307 e. The zero-order valence-corrected chi connectivity index (χ0v) is 13.3. The lowest BCUT2D eigenvalue weighted by molar-refractivity contribution is -0.384. The number of hydrogen-bond donors (Lipinski definition) is 2. The molecule has 8 nitrogen and oxygen atoms in total. The predicted octanol–water partition coefficient (Wildman–Crippen LogP) is 1.75. The van der Waals surface area contributed by atoms with Crippen molar-refractivity contribution in [3.8, 4) is 0 Å². The Kier molecular flexibility index (Phi) is 6.47. The maximum absolute atomic E-state index is 12.2. The summed E-state index contributed by atoms with van der Waals surface area (Å²) in [6.45, 7) is 2.57. The van der Waals surface area contributed by atoms with Crippen LogP contribution < -0.4 is 5.32 Å². The molecule has 1 aromatic carbocycles. The second-order valence-electron chi connectivity index (χ2n) is 5.29. The summed E-state index contributed by atoms with van der Waals surface area (Å²) in [5.41, 5.74) is 0.248. The number of carboxylic acids is 1. The molecule has 1 heterocycles. The first-order chi connectivity index (χ1) is 10.4. The van der Waals surface area contributed by atoms with Gasteiger partial charge in [0.1, 0.15) is 0 Å². The zero-order chi connectivity index (χ0) is 16.3. The molecule has 1 saturated heterocycles. The van der Waals surface area contributed by atoms with Crippen LogP contribution in [0, 0.1) is 16.0 Å². The largest absolute Gasteiger partial charge is 0.481 e. The molecule has 2 N–H and O–H groups in total. The Hall–Kier alpha value is -2.19. The van der Waals surface area contributed by atoms with Gasteiger partial charge in [0, 0.05) is 24.4 Å². The van der Waals surface area contributed by atoms with E-state index >= 15 is 0 Å². The summed E-state index contributed by atoms with van der Waals surface area (Å²) in [5, 5.41) is 22.3. The molecule has 0 spiro atoms. The van der Waals surface area contributed by atoms with E-state index in [-0.39, 0.29) is 24.0 Å². The lowest BCUT2D eigenvalue weighted by Crippen LogP contribution is -2.41. The molecule has 0 saturated carbocycles.